The van der Waals surface area contributed by atoms with Crippen LogP contribution in [-0.2, 0) is 10.0 Å². The van der Waals surface area contributed by atoms with Crippen molar-refractivity contribution in [3.63, 3.8) is 0 Å². The lowest BCUT2D eigenvalue weighted by atomic mass is 9.89. The Labute approximate surface area is 195 Å². The Balaban J connectivity index is 1.66. The number of hydrogen-bond acceptors (Lipinski definition) is 5. The molecule has 0 amide bonds. The van der Waals surface area contributed by atoms with Crippen LogP contribution in [0.15, 0.2) is 82.4 Å². The van der Waals surface area contributed by atoms with Gasteiger partial charge >= 0.3 is 0 Å². The molecule has 5 nitrogen and oxygen atoms in total. The Kier molecular flexibility index (Phi) is 5.33. The van der Waals surface area contributed by atoms with Gasteiger partial charge in [0.15, 0.2) is 0 Å². The van der Waals surface area contributed by atoms with Crippen molar-refractivity contribution >= 4 is 38.6 Å². The van der Waals surface area contributed by atoms with Gasteiger partial charge < -0.3 is 9.47 Å². The molecule has 8 heteroatoms. The molecule has 1 atom stereocenters. The van der Waals surface area contributed by atoms with E-state index in [9.17, 15) is 8.42 Å². The normalized spacial score (nSPS) is 14.8. The summed E-state index contributed by atoms with van der Waals surface area (Å²) in [5.41, 5.74) is 3.87. The molecule has 1 unspecified atom stereocenters. The highest BCUT2D eigenvalue weighted by molar-refractivity contribution is 7.94. The second-order valence-corrected chi connectivity index (χ2v) is 10.5. The summed E-state index contributed by atoms with van der Waals surface area (Å²) in [5, 5.41) is 2.33. The zero-order valence-corrected chi connectivity index (χ0v) is 19.3. The van der Waals surface area contributed by atoms with Crippen molar-refractivity contribution in [3.05, 3.63) is 94.3 Å². The summed E-state index contributed by atoms with van der Waals surface area (Å²) in [6.45, 7) is 0. The molecule has 1 aliphatic heterocycles. The highest BCUT2D eigenvalue weighted by atomic mass is 35.5. The zero-order chi connectivity index (χ0) is 22.3. The summed E-state index contributed by atoms with van der Waals surface area (Å²) in [7, 11) is -2.06. The van der Waals surface area contributed by atoms with Gasteiger partial charge in [0, 0.05) is 16.3 Å². The molecule has 2 heterocycles. The summed E-state index contributed by atoms with van der Waals surface area (Å²) < 4.78 is 40.4. The maximum Gasteiger partial charge on any atom is 0.271 e. The van der Waals surface area contributed by atoms with Crippen LogP contribution < -0.4 is 14.2 Å². The van der Waals surface area contributed by atoms with Crippen LogP contribution in [0.4, 0.5) is 5.69 Å². The number of anilines is 1. The lowest BCUT2D eigenvalue weighted by Crippen LogP contribution is -2.17. The van der Waals surface area contributed by atoms with Crippen molar-refractivity contribution in [2.24, 2.45) is 0 Å². The molecular weight excluding hydrogens is 466 g/mol. The summed E-state index contributed by atoms with van der Waals surface area (Å²) in [6, 6.07) is 21.8. The fraction of sp³-hybridized carbons (Fsp3) is 0.0833. The summed E-state index contributed by atoms with van der Waals surface area (Å²) in [5.74, 6) is 1.37. The fourth-order valence-electron chi connectivity index (χ4n) is 3.85. The van der Waals surface area contributed by atoms with Crippen LogP contribution >= 0.6 is 22.9 Å². The van der Waals surface area contributed by atoms with E-state index in [1.807, 2.05) is 42.5 Å². The van der Waals surface area contributed by atoms with E-state index in [1.165, 1.54) is 11.3 Å². The van der Waals surface area contributed by atoms with Crippen molar-refractivity contribution in [3.8, 4) is 22.6 Å². The number of benzene rings is 3. The number of fused-ring (bicyclic) bond motifs is 3. The SMILES string of the molecule is COc1cccc2c1-c1ccc(NS(=O)(=O)c3cccs3)cc1C(c1cccc(Cl)c1)O2. The van der Waals surface area contributed by atoms with Crippen molar-refractivity contribution in [2.45, 2.75) is 10.3 Å². The van der Waals surface area contributed by atoms with E-state index in [4.69, 9.17) is 21.1 Å². The lowest BCUT2D eigenvalue weighted by molar-refractivity contribution is 0.242. The third-order valence-corrected chi connectivity index (χ3v) is 8.23. The molecule has 1 N–H and O–H groups in total. The first-order chi connectivity index (χ1) is 15.5. The van der Waals surface area contributed by atoms with Crippen LogP contribution in [0.25, 0.3) is 11.1 Å². The van der Waals surface area contributed by atoms with E-state index in [0.717, 1.165) is 22.3 Å². The van der Waals surface area contributed by atoms with Gasteiger partial charge in [0.05, 0.1) is 12.7 Å². The number of methoxy groups -OCH3 is 1. The molecule has 3 aromatic carbocycles. The molecule has 0 radical (unpaired) electrons. The monoisotopic (exact) mass is 483 g/mol. The largest absolute Gasteiger partial charge is 0.496 e. The summed E-state index contributed by atoms with van der Waals surface area (Å²) >= 11 is 7.41. The van der Waals surface area contributed by atoms with Gasteiger partial charge in [0.25, 0.3) is 10.0 Å². The second-order valence-electron chi connectivity index (χ2n) is 7.23. The van der Waals surface area contributed by atoms with Gasteiger partial charge in [-0.3, -0.25) is 4.72 Å². The van der Waals surface area contributed by atoms with Crippen molar-refractivity contribution in [2.75, 3.05) is 11.8 Å². The van der Waals surface area contributed by atoms with Crippen LogP contribution in [0.1, 0.15) is 17.2 Å². The van der Waals surface area contributed by atoms with E-state index in [0.29, 0.717) is 22.2 Å². The standard InChI is InChI=1S/C24H18ClNO4S2/c1-29-20-7-3-8-21-23(20)18-11-10-17(26-32(27,28)22-9-4-12-31-22)14-19(18)24(30-21)15-5-2-6-16(25)13-15/h2-14,24,26H,1H3. The second kappa shape index (κ2) is 8.16. The molecule has 0 aliphatic carbocycles. The van der Waals surface area contributed by atoms with E-state index in [2.05, 4.69) is 4.72 Å². The zero-order valence-electron chi connectivity index (χ0n) is 16.9. The molecule has 32 heavy (non-hydrogen) atoms. The van der Waals surface area contributed by atoms with Gasteiger partial charge in [-0.05, 0) is 59.0 Å². The molecule has 0 saturated carbocycles. The molecule has 1 aliphatic rings. The van der Waals surface area contributed by atoms with E-state index < -0.39 is 16.1 Å². The first-order valence-corrected chi connectivity index (χ1v) is 12.5. The molecule has 4 aromatic rings. The van der Waals surface area contributed by atoms with Gasteiger partial charge in [-0.15, -0.1) is 11.3 Å². The van der Waals surface area contributed by atoms with Crippen LogP contribution in [0.5, 0.6) is 11.5 Å². The predicted octanol–water partition coefficient (Wildman–Crippen LogP) is 6.36. The van der Waals surface area contributed by atoms with Gasteiger partial charge in [-0.25, -0.2) is 8.42 Å². The first-order valence-electron chi connectivity index (χ1n) is 9.76. The van der Waals surface area contributed by atoms with Crippen LogP contribution in [0.2, 0.25) is 5.02 Å². The Bertz CT molecular complexity index is 1400. The number of rotatable bonds is 5. The highest BCUT2D eigenvalue weighted by Gasteiger charge is 2.30. The first kappa shape index (κ1) is 20.9. The minimum absolute atomic E-state index is 0.255. The third kappa shape index (κ3) is 3.72. The number of sulfonamides is 1. The number of thiophene rings is 1. The fourth-order valence-corrected chi connectivity index (χ4v) is 6.09. The maximum atomic E-state index is 12.8. The van der Waals surface area contributed by atoms with Crippen LogP contribution in [-0.4, -0.2) is 15.5 Å². The van der Waals surface area contributed by atoms with Gasteiger partial charge in [-0.1, -0.05) is 41.9 Å². The molecule has 0 fully saturated rings. The van der Waals surface area contributed by atoms with Gasteiger partial charge in [0.1, 0.15) is 21.8 Å². The van der Waals surface area contributed by atoms with Crippen molar-refractivity contribution < 1.29 is 17.9 Å². The van der Waals surface area contributed by atoms with Crippen LogP contribution in [0, 0.1) is 0 Å². The molecule has 5 rings (SSSR count). The number of hydrogen-bond donors (Lipinski definition) is 1. The van der Waals surface area contributed by atoms with Crippen molar-refractivity contribution in [1.82, 2.24) is 0 Å². The van der Waals surface area contributed by atoms with E-state index >= 15 is 0 Å². The average Bonchev–Trinajstić information content (AvgIpc) is 3.34. The molecular formula is C24H18ClNO4S2. The minimum Gasteiger partial charge on any atom is -0.496 e. The maximum absolute atomic E-state index is 12.8. The van der Waals surface area contributed by atoms with Crippen molar-refractivity contribution in [1.29, 1.82) is 0 Å². The molecule has 162 valence electrons. The Morgan fingerprint density at radius 1 is 1.03 bits per heavy atom. The van der Waals surface area contributed by atoms with Crippen LogP contribution in [0.3, 0.4) is 0 Å². The Morgan fingerprint density at radius 2 is 1.88 bits per heavy atom. The molecule has 0 bridgehead atoms. The average molecular weight is 484 g/mol. The van der Waals surface area contributed by atoms with Gasteiger partial charge in [-0.2, -0.15) is 0 Å². The molecule has 0 spiro atoms. The quantitative estimate of drug-likeness (QED) is 0.358. The number of halogens is 1. The Morgan fingerprint density at radius 3 is 2.62 bits per heavy atom. The van der Waals surface area contributed by atoms with Gasteiger partial charge in [0.2, 0.25) is 0 Å². The van der Waals surface area contributed by atoms with E-state index in [1.54, 1.807) is 42.8 Å². The molecule has 1 aromatic heterocycles. The summed E-state index contributed by atoms with van der Waals surface area (Å²) in [4.78, 5) is 0. The predicted molar refractivity (Wildman–Crippen MR) is 127 cm³/mol. The molecule has 0 saturated heterocycles. The van der Waals surface area contributed by atoms with E-state index in [-0.39, 0.29) is 4.21 Å². The smallest absolute Gasteiger partial charge is 0.271 e. The highest BCUT2D eigenvalue weighted by Crippen LogP contribution is 2.49. The number of nitrogens with one attached hydrogen (secondary N) is 1. The summed E-state index contributed by atoms with van der Waals surface area (Å²) in [6.07, 6.45) is -0.463. The minimum atomic E-state index is -3.68. The number of ether oxygens (including phenoxy) is 2. The lowest BCUT2D eigenvalue weighted by Gasteiger charge is -2.30. The third-order valence-electron chi connectivity index (χ3n) is 5.22. The topological polar surface area (TPSA) is 64.6 Å². The Hall–Kier alpha value is -3.00.